The number of hydrogen-bond acceptors (Lipinski definition) is 4. The highest BCUT2D eigenvalue weighted by molar-refractivity contribution is 8.00. The minimum absolute atomic E-state index is 0.0632. The zero-order valence-electron chi connectivity index (χ0n) is 14.5. The summed E-state index contributed by atoms with van der Waals surface area (Å²) in [6.07, 6.45) is 1.39. The number of halogens is 2. The summed E-state index contributed by atoms with van der Waals surface area (Å²) in [7, 11) is 0. The van der Waals surface area contributed by atoms with Gasteiger partial charge in [-0.25, -0.2) is 13.5 Å². The fourth-order valence-electron chi connectivity index (χ4n) is 3.50. The Kier molecular flexibility index (Phi) is 4.26. The summed E-state index contributed by atoms with van der Waals surface area (Å²) in [5, 5.41) is 15.2. The van der Waals surface area contributed by atoms with Crippen molar-refractivity contribution in [3.05, 3.63) is 48.2 Å². The van der Waals surface area contributed by atoms with E-state index in [1.165, 1.54) is 10.9 Å². The molecule has 1 N–H and O–H groups in total. The number of aromatic nitrogens is 2. The second-order valence-corrected chi connectivity index (χ2v) is 8.58. The number of aromatic hydroxyl groups is 1. The molecule has 1 aliphatic heterocycles. The van der Waals surface area contributed by atoms with Crippen LogP contribution in [-0.2, 0) is 0 Å². The van der Waals surface area contributed by atoms with Gasteiger partial charge in [0.2, 0.25) is 0 Å². The molecule has 1 aliphatic rings. The van der Waals surface area contributed by atoms with Crippen LogP contribution in [0.3, 0.4) is 0 Å². The Morgan fingerprint density at radius 3 is 2.35 bits per heavy atom. The molecule has 0 unspecified atom stereocenters. The highest BCUT2D eigenvalue weighted by atomic mass is 32.2. The van der Waals surface area contributed by atoms with Crippen LogP contribution in [0.1, 0.15) is 13.8 Å². The number of nitrogens with zero attached hydrogens (tertiary/aromatic N) is 3. The van der Waals surface area contributed by atoms with Gasteiger partial charge in [0.15, 0.2) is 17.4 Å². The van der Waals surface area contributed by atoms with Crippen molar-refractivity contribution in [3.8, 4) is 11.4 Å². The molecular weight excluding hydrogens is 356 g/mol. The number of benzene rings is 2. The summed E-state index contributed by atoms with van der Waals surface area (Å²) in [4.78, 5) is 2.35. The van der Waals surface area contributed by atoms with E-state index >= 15 is 0 Å². The van der Waals surface area contributed by atoms with Gasteiger partial charge in [-0.15, -0.1) is 0 Å². The number of fused-ring (bicyclic) bond motifs is 1. The average Bonchev–Trinajstić information content (AvgIpc) is 3.03. The van der Waals surface area contributed by atoms with Crippen LogP contribution in [0.2, 0.25) is 0 Å². The van der Waals surface area contributed by atoms with Crippen molar-refractivity contribution in [1.29, 1.82) is 0 Å². The third-order valence-corrected chi connectivity index (χ3v) is 5.83. The van der Waals surface area contributed by atoms with E-state index in [2.05, 4.69) is 23.8 Å². The molecule has 0 spiro atoms. The van der Waals surface area contributed by atoms with E-state index in [0.29, 0.717) is 21.6 Å². The van der Waals surface area contributed by atoms with Crippen LogP contribution in [0.15, 0.2) is 36.5 Å². The molecule has 1 saturated heterocycles. The van der Waals surface area contributed by atoms with Gasteiger partial charge in [-0.3, -0.25) is 0 Å². The van der Waals surface area contributed by atoms with E-state index in [1.54, 1.807) is 0 Å². The predicted octanol–water partition coefficient (Wildman–Crippen LogP) is 4.34. The topological polar surface area (TPSA) is 41.3 Å². The van der Waals surface area contributed by atoms with E-state index in [-0.39, 0.29) is 5.52 Å². The standard InChI is InChI=1S/C19H19F2N3OS/c1-11-9-23(10-12(2)26-11)14-3-5-15(6-4-14)24-18-13(8-22-24)7-16(20)19(25)17(18)21/h3-8,11-12,25H,9-10H2,1-2H3/t11-,12+. The van der Waals surface area contributed by atoms with Crippen LogP contribution < -0.4 is 4.90 Å². The molecule has 136 valence electrons. The van der Waals surface area contributed by atoms with Crippen molar-refractivity contribution in [2.24, 2.45) is 0 Å². The monoisotopic (exact) mass is 375 g/mol. The molecule has 0 bridgehead atoms. The molecule has 3 aromatic rings. The smallest absolute Gasteiger partial charge is 0.194 e. The summed E-state index contributed by atoms with van der Waals surface area (Å²) < 4.78 is 29.2. The van der Waals surface area contributed by atoms with Crippen molar-refractivity contribution in [2.45, 2.75) is 24.3 Å². The zero-order chi connectivity index (χ0) is 18.4. The maximum Gasteiger partial charge on any atom is 0.194 e. The minimum Gasteiger partial charge on any atom is -0.503 e. The number of thioether (sulfide) groups is 1. The summed E-state index contributed by atoms with van der Waals surface area (Å²) in [5.74, 6) is -2.97. The second kappa shape index (κ2) is 6.46. The molecule has 7 heteroatoms. The van der Waals surface area contributed by atoms with Gasteiger partial charge in [0.25, 0.3) is 0 Å². The van der Waals surface area contributed by atoms with Gasteiger partial charge in [0, 0.05) is 34.7 Å². The highest BCUT2D eigenvalue weighted by Crippen LogP contribution is 2.32. The molecule has 4 nitrogen and oxygen atoms in total. The van der Waals surface area contributed by atoms with Crippen molar-refractivity contribution >= 4 is 28.4 Å². The molecule has 2 heterocycles. The Morgan fingerprint density at radius 2 is 1.69 bits per heavy atom. The lowest BCUT2D eigenvalue weighted by Crippen LogP contribution is -2.40. The third kappa shape index (κ3) is 2.90. The Bertz CT molecular complexity index is 948. The summed E-state index contributed by atoms with van der Waals surface area (Å²) in [6.45, 7) is 6.43. The van der Waals surface area contributed by atoms with Gasteiger partial charge in [0.05, 0.1) is 11.9 Å². The summed E-state index contributed by atoms with van der Waals surface area (Å²) >= 11 is 1.99. The fraction of sp³-hybridized carbons (Fsp3) is 0.316. The van der Waals surface area contributed by atoms with Crippen LogP contribution in [0, 0.1) is 11.6 Å². The molecule has 26 heavy (non-hydrogen) atoms. The highest BCUT2D eigenvalue weighted by Gasteiger charge is 2.23. The lowest BCUT2D eigenvalue weighted by molar-refractivity contribution is 0.399. The first kappa shape index (κ1) is 17.1. The largest absolute Gasteiger partial charge is 0.503 e. The van der Waals surface area contributed by atoms with Crippen molar-refractivity contribution in [1.82, 2.24) is 9.78 Å². The number of phenols is 1. The van der Waals surface area contributed by atoms with Gasteiger partial charge >= 0.3 is 0 Å². The minimum atomic E-state index is -1.00. The van der Waals surface area contributed by atoms with Gasteiger partial charge in [-0.1, -0.05) is 13.8 Å². The summed E-state index contributed by atoms with van der Waals surface area (Å²) in [6, 6.07) is 8.77. The van der Waals surface area contributed by atoms with Crippen LogP contribution >= 0.6 is 11.8 Å². The number of hydrogen-bond donors (Lipinski definition) is 1. The van der Waals surface area contributed by atoms with E-state index in [9.17, 15) is 13.9 Å². The van der Waals surface area contributed by atoms with Gasteiger partial charge in [0.1, 0.15) is 5.52 Å². The maximum absolute atomic E-state index is 14.3. The normalized spacial score (nSPS) is 20.7. The lowest BCUT2D eigenvalue weighted by atomic mass is 10.2. The molecule has 4 rings (SSSR count). The second-order valence-electron chi connectivity index (χ2n) is 6.69. The fourth-order valence-corrected chi connectivity index (χ4v) is 4.82. The predicted molar refractivity (Wildman–Crippen MR) is 101 cm³/mol. The SMILES string of the molecule is C[C@@H]1CN(c2ccc(-n3ncc4cc(F)c(O)c(F)c43)cc2)C[C@H](C)S1. The molecule has 2 atom stereocenters. The Morgan fingerprint density at radius 1 is 1.08 bits per heavy atom. The van der Waals surface area contributed by atoms with Crippen molar-refractivity contribution in [3.63, 3.8) is 0 Å². The van der Waals surface area contributed by atoms with Crippen LogP contribution in [0.25, 0.3) is 16.6 Å². The first-order valence-corrected chi connectivity index (χ1v) is 9.44. The average molecular weight is 375 g/mol. The molecule has 2 aromatic carbocycles. The maximum atomic E-state index is 14.3. The first-order chi connectivity index (χ1) is 12.4. The van der Waals surface area contributed by atoms with Crippen LogP contribution in [0.5, 0.6) is 5.75 Å². The van der Waals surface area contributed by atoms with Crippen molar-refractivity contribution < 1.29 is 13.9 Å². The molecule has 0 saturated carbocycles. The van der Waals surface area contributed by atoms with Crippen molar-refractivity contribution in [2.75, 3.05) is 18.0 Å². The van der Waals surface area contributed by atoms with Gasteiger partial charge in [-0.05, 0) is 30.3 Å². The molecule has 0 radical (unpaired) electrons. The third-order valence-electron chi connectivity index (χ3n) is 4.60. The Balaban J connectivity index is 1.70. The Labute approximate surface area is 154 Å². The summed E-state index contributed by atoms with van der Waals surface area (Å²) in [5.41, 5.74) is 1.83. The molecule has 1 fully saturated rings. The first-order valence-electron chi connectivity index (χ1n) is 8.49. The number of phenolic OH excluding ortho intramolecular Hbond substituents is 1. The number of rotatable bonds is 2. The van der Waals surface area contributed by atoms with Gasteiger partial charge in [-0.2, -0.15) is 16.9 Å². The zero-order valence-corrected chi connectivity index (χ0v) is 15.3. The van der Waals surface area contributed by atoms with E-state index in [4.69, 9.17) is 0 Å². The number of anilines is 1. The van der Waals surface area contributed by atoms with Crippen LogP contribution in [0.4, 0.5) is 14.5 Å². The lowest BCUT2D eigenvalue weighted by Gasteiger charge is -2.36. The van der Waals surface area contributed by atoms with E-state index in [0.717, 1.165) is 24.8 Å². The molecular formula is C19H19F2N3OS. The Hall–Kier alpha value is -2.28. The molecule has 0 aliphatic carbocycles. The molecule has 0 amide bonds. The van der Waals surface area contributed by atoms with E-state index in [1.807, 2.05) is 36.0 Å². The van der Waals surface area contributed by atoms with Crippen LogP contribution in [-0.4, -0.2) is 38.5 Å². The molecule has 1 aromatic heterocycles. The van der Waals surface area contributed by atoms with Gasteiger partial charge < -0.3 is 10.0 Å². The van der Waals surface area contributed by atoms with E-state index < -0.39 is 17.4 Å². The quantitative estimate of drug-likeness (QED) is 0.723.